The van der Waals surface area contributed by atoms with E-state index in [9.17, 15) is 9.59 Å². The van der Waals surface area contributed by atoms with E-state index in [0.29, 0.717) is 22.1 Å². The second-order valence-electron chi connectivity index (χ2n) is 5.63. The van der Waals surface area contributed by atoms with Crippen molar-refractivity contribution in [2.24, 2.45) is 0 Å². The van der Waals surface area contributed by atoms with Crippen LogP contribution in [0, 0.1) is 6.92 Å². The molecule has 3 rings (SSSR count). The van der Waals surface area contributed by atoms with Crippen LogP contribution in [0.25, 0.3) is 5.69 Å². The minimum absolute atomic E-state index is 0.125. The Morgan fingerprint density at radius 1 is 1.07 bits per heavy atom. The number of carbonyl (C=O) groups excluding carboxylic acids is 2. The molecule has 0 saturated heterocycles. The van der Waals surface area contributed by atoms with Crippen LogP contribution in [-0.2, 0) is 9.53 Å². The number of amides is 1. The summed E-state index contributed by atoms with van der Waals surface area (Å²) in [6.45, 7) is 1.20. The Kier molecular flexibility index (Phi) is 5.78. The van der Waals surface area contributed by atoms with Crippen molar-refractivity contribution in [3.63, 3.8) is 0 Å². The van der Waals surface area contributed by atoms with Gasteiger partial charge in [-0.2, -0.15) is 5.10 Å². The van der Waals surface area contributed by atoms with Crippen molar-refractivity contribution in [1.29, 1.82) is 0 Å². The molecule has 0 atom stereocenters. The molecule has 0 bridgehead atoms. The second-order valence-corrected chi connectivity index (χ2v) is 6.42. The summed E-state index contributed by atoms with van der Waals surface area (Å²) in [4.78, 5) is 24.3. The van der Waals surface area contributed by atoms with Gasteiger partial charge in [0.2, 0.25) is 0 Å². The van der Waals surface area contributed by atoms with Crippen LogP contribution in [0.4, 0.5) is 5.69 Å². The molecule has 8 heteroatoms. The first-order valence-electron chi connectivity index (χ1n) is 7.99. The molecule has 27 heavy (non-hydrogen) atoms. The number of nitrogens with zero attached hydrogens (tertiary/aromatic N) is 2. The van der Waals surface area contributed by atoms with E-state index in [1.165, 1.54) is 4.68 Å². The predicted molar refractivity (Wildman–Crippen MR) is 104 cm³/mol. The van der Waals surface area contributed by atoms with E-state index in [4.69, 9.17) is 27.9 Å². The molecule has 0 fully saturated rings. The van der Waals surface area contributed by atoms with Gasteiger partial charge in [-0.05, 0) is 43.3 Å². The maximum atomic E-state index is 12.4. The van der Waals surface area contributed by atoms with Gasteiger partial charge in [0, 0.05) is 10.7 Å². The van der Waals surface area contributed by atoms with Crippen molar-refractivity contribution in [2.75, 3.05) is 11.9 Å². The topological polar surface area (TPSA) is 73.2 Å². The van der Waals surface area contributed by atoms with Crippen LogP contribution in [0.1, 0.15) is 16.1 Å². The first kappa shape index (κ1) is 18.9. The third-order valence-corrected chi connectivity index (χ3v) is 4.27. The number of para-hydroxylation sites is 1. The molecule has 3 aromatic rings. The number of hydrogen-bond acceptors (Lipinski definition) is 4. The lowest BCUT2D eigenvalue weighted by molar-refractivity contribution is -0.119. The number of esters is 1. The fourth-order valence-corrected chi connectivity index (χ4v) is 2.88. The highest BCUT2D eigenvalue weighted by Gasteiger charge is 2.23. The number of anilines is 1. The Bertz CT molecular complexity index is 970. The number of halogens is 2. The van der Waals surface area contributed by atoms with Gasteiger partial charge in [-0.3, -0.25) is 4.79 Å². The normalized spacial score (nSPS) is 10.5. The highest BCUT2D eigenvalue weighted by molar-refractivity contribution is 6.33. The predicted octanol–water partition coefficient (Wildman–Crippen LogP) is 4.28. The molecule has 1 aromatic heterocycles. The highest BCUT2D eigenvalue weighted by Crippen LogP contribution is 2.24. The molecule has 1 amide bonds. The lowest BCUT2D eigenvalue weighted by Gasteiger charge is -2.07. The van der Waals surface area contributed by atoms with Gasteiger partial charge in [0.15, 0.2) is 6.61 Å². The third kappa shape index (κ3) is 4.48. The van der Waals surface area contributed by atoms with E-state index in [2.05, 4.69) is 10.4 Å². The Hall–Kier alpha value is -2.83. The van der Waals surface area contributed by atoms with Crippen LogP contribution in [0.5, 0.6) is 0 Å². The number of nitrogens with one attached hydrogen (secondary N) is 1. The van der Waals surface area contributed by atoms with Crippen molar-refractivity contribution < 1.29 is 14.3 Å². The number of benzene rings is 2. The molecule has 2 aromatic carbocycles. The minimum Gasteiger partial charge on any atom is -0.452 e. The molecule has 0 aliphatic carbocycles. The van der Waals surface area contributed by atoms with Gasteiger partial charge in [-0.25, -0.2) is 9.48 Å². The smallest absolute Gasteiger partial charge is 0.343 e. The quantitative estimate of drug-likeness (QED) is 0.645. The van der Waals surface area contributed by atoms with Crippen LogP contribution in [-0.4, -0.2) is 28.3 Å². The molecule has 138 valence electrons. The zero-order valence-corrected chi connectivity index (χ0v) is 15.8. The molecule has 1 heterocycles. The van der Waals surface area contributed by atoms with Gasteiger partial charge in [-0.15, -0.1) is 0 Å². The number of aryl methyl sites for hydroxylation is 1. The van der Waals surface area contributed by atoms with E-state index in [-0.39, 0.29) is 10.7 Å². The van der Waals surface area contributed by atoms with Crippen molar-refractivity contribution in [3.05, 3.63) is 76.0 Å². The maximum Gasteiger partial charge on any atom is 0.343 e. The Labute approximate surface area is 165 Å². The number of ether oxygens (including phenoxy) is 1. The Morgan fingerprint density at radius 2 is 1.74 bits per heavy atom. The summed E-state index contributed by atoms with van der Waals surface area (Å²) in [5, 5.41) is 7.57. The molecule has 0 saturated carbocycles. The van der Waals surface area contributed by atoms with E-state index in [0.717, 1.165) is 0 Å². The molecule has 0 unspecified atom stereocenters. The summed E-state index contributed by atoms with van der Waals surface area (Å²) in [7, 11) is 0. The first-order chi connectivity index (χ1) is 13.0. The summed E-state index contributed by atoms with van der Waals surface area (Å²) in [5.74, 6) is -1.19. The van der Waals surface area contributed by atoms with Gasteiger partial charge < -0.3 is 10.1 Å². The van der Waals surface area contributed by atoms with Crippen LogP contribution in [0.15, 0.2) is 54.6 Å². The SMILES string of the molecule is Cc1nn(-c2ccccc2)c(Cl)c1C(=O)OCC(=O)Nc1ccc(Cl)cc1. The van der Waals surface area contributed by atoms with Crippen LogP contribution >= 0.6 is 23.2 Å². The number of carbonyl (C=O) groups is 2. The van der Waals surface area contributed by atoms with E-state index < -0.39 is 18.5 Å². The third-order valence-electron chi connectivity index (χ3n) is 3.67. The standard InChI is InChI=1S/C19H15Cl2N3O3/c1-12-17(18(21)24(23-12)15-5-3-2-4-6-15)19(26)27-11-16(25)22-14-9-7-13(20)8-10-14/h2-10H,11H2,1H3,(H,22,25). The average molecular weight is 404 g/mol. The molecule has 0 aliphatic rings. The van der Waals surface area contributed by atoms with Gasteiger partial charge in [0.05, 0.1) is 11.4 Å². The van der Waals surface area contributed by atoms with Crippen molar-refractivity contribution in [2.45, 2.75) is 6.92 Å². The van der Waals surface area contributed by atoms with Crippen molar-refractivity contribution >= 4 is 40.8 Å². The van der Waals surface area contributed by atoms with Crippen molar-refractivity contribution in [1.82, 2.24) is 9.78 Å². The first-order valence-corrected chi connectivity index (χ1v) is 8.74. The minimum atomic E-state index is -0.717. The largest absolute Gasteiger partial charge is 0.452 e. The van der Waals surface area contributed by atoms with E-state index in [1.807, 2.05) is 30.3 Å². The Morgan fingerprint density at radius 3 is 2.41 bits per heavy atom. The van der Waals surface area contributed by atoms with Gasteiger partial charge in [-0.1, -0.05) is 41.4 Å². The van der Waals surface area contributed by atoms with Gasteiger partial charge in [0.1, 0.15) is 10.7 Å². The lowest BCUT2D eigenvalue weighted by atomic mass is 10.2. The van der Waals surface area contributed by atoms with Crippen LogP contribution < -0.4 is 5.32 Å². The summed E-state index contributed by atoms with van der Waals surface area (Å²) in [5.41, 5.74) is 1.79. The van der Waals surface area contributed by atoms with E-state index in [1.54, 1.807) is 31.2 Å². The van der Waals surface area contributed by atoms with Gasteiger partial charge >= 0.3 is 5.97 Å². The molecule has 1 N–H and O–H groups in total. The molecule has 0 aliphatic heterocycles. The molecular weight excluding hydrogens is 389 g/mol. The number of rotatable bonds is 5. The maximum absolute atomic E-state index is 12.4. The number of hydrogen-bond donors (Lipinski definition) is 1. The zero-order valence-electron chi connectivity index (χ0n) is 14.3. The summed E-state index contributed by atoms with van der Waals surface area (Å²) in [6, 6.07) is 15.7. The monoisotopic (exact) mass is 403 g/mol. The highest BCUT2D eigenvalue weighted by atomic mass is 35.5. The molecule has 0 spiro atoms. The van der Waals surface area contributed by atoms with Crippen LogP contribution in [0.2, 0.25) is 10.2 Å². The molecule has 6 nitrogen and oxygen atoms in total. The summed E-state index contributed by atoms with van der Waals surface area (Å²) < 4.78 is 6.53. The second kappa shape index (κ2) is 8.24. The summed E-state index contributed by atoms with van der Waals surface area (Å²) >= 11 is 12.1. The van der Waals surface area contributed by atoms with Crippen molar-refractivity contribution in [3.8, 4) is 5.69 Å². The molecular formula is C19H15Cl2N3O3. The fourth-order valence-electron chi connectivity index (χ4n) is 2.40. The average Bonchev–Trinajstić information content (AvgIpc) is 2.97. The van der Waals surface area contributed by atoms with E-state index >= 15 is 0 Å². The molecule has 0 radical (unpaired) electrons. The summed E-state index contributed by atoms with van der Waals surface area (Å²) in [6.07, 6.45) is 0. The zero-order chi connectivity index (χ0) is 19.4. The van der Waals surface area contributed by atoms with Crippen LogP contribution in [0.3, 0.4) is 0 Å². The Balaban J connectivity index is 1.67. The van der Waals surface area contributed by atoms with Gasteiger partial charge in [0.25, 0.3) is 5.91 Å². The number of aromatic nitrogens is 2. The lowest BCUT2D eigenvalue weighted by Crippen LogP contribution is -2.21. The fraction of sp³-hybridized carbons (Fsp3) is 0.105.